The Morgan fingerprint density at radius 2 is 2.00 bits per heavy atom. The Kier molecular flexibility index (Phi) is 2.21. The Morgan fingerprint density at radius 3 is 2.69 bits per heavy atom. The van der Waals surface area contributed by atoms with E-state index in [-0.39, 0.29) is 6.10 Å². The fraction of sp³-hybridized carbons (Fsp3) is 0.571. The number of aliphatic hydroxyl groups is 1. The van der Waals surface area contributed by atoms with Crippen molar-refractivity contribution in [2.75, 3.05) is 5.32 Å². The van der Waals surface area contributed by atoms with E-state index in [2.05, 4.69) is 31.3 Å². The summed E-state index contributed by atoms with van der Waals surface area (Å²) in [6, 6.07) is 4.79. The zero-order valence-corrected chi connectivity index (χ0v) is 9.96. The number of anilines is 1. The molecule has 1 aliphatic carbocycles. The van der Waals surface area contributed by atoms with E-state index in [0.717, 1.165) is 17.9 Å². The standard InChI is InChI=1S/C14H19NO/c1-8-5-9(2)14-11(6-8)13(16)7-12(15-14)10-3-4-10/h5-6,10,12-13,15-16H,3-4,7H2,1-2H3. The topological polar surface area (TPSA) is 32.3 Å². The van der Waals surface area contributed by atoms with Crippen LogP contribution < -0.4 is 5.32 Å². The number of benzene rings is 1. The maximum absolute atomic E-state index is 10.2. The summed E-state index contributed by atoms with van der Waals surface area (Å²) in [5.74, 6) is 0.795. The van der Waals surface area contributed by atoms with Gasteiger partial charge < -0.3 is 10.4 Å². The fourth-order valence-corrected chi connectivity index (χ4v) is 2.88. The van der Waals surface area contributed by atoms with E-state index in [1.807, 2.05) is 0 Å². The van der Waals surface area contributed by atoms with Gasteiger partial charge in [-0.1, -0.05) is 17.7 Å². The number of rotatable bonds is 1. The number of aryl methyl sites for hydroxylation is 2. The van der Waals surface area contributed by atoms with Crippen molar-refractivity contribution in [2.24, 2.45) is 5.92 Å². The molecule has 1 aromatic carbocycles. The van der Waals surface area contributed by atoms with Gasteiger partial charge in [-0.15, -0.1) is 0 Å². The van der Waals surface area contributed by atoms with Crippen LogP contribution in [0.2, 0.25) is 0 Å². The minimum absolute atomic E-state index is 0.277. The highest BCUT2D eigenvalue weighted by molar-refractivity contribution is 5.62. The third kappa shape index (κ3) is 1.61. The molecule has 1 aliphatic heterocycles. The minimum atomic E-state index is -0.277. The first-order valence-electron chi connectivity index (χ1n) is 6.21. The molecule has 1 aromatic rings. The van der Waals surface area contributed by atoms with Crippen LogP contribution in [-0.2, 0) is 0 Å². The minimum Gasteiger partial charge on any atom is -0.388 e. The molecule has 3 rings (SSSR count). The molecule has 0 spiro atoms. The lowest BCUT2D eigenvalue weighted by molar-refractivity contribution is 0.152. The van der Waals surface area contributed by atoms with Crippen molar-refractivity contribution in [3.63, 3.8) is 0 Å². The Balaban J connectivity index is 2.00. The lowest BCUT2D eigenvalue weighted by Crippen LogP contribution is -2.30. The van der Waals surface area contributed by atoms with Gasteiger partial charge in [0.2, 0.25) is 0 Å². The highest BCUT2D eigenvalue weighted by Crippen LogP contribution is 2.43. The van der Waals surface area contributed by atoms with Crippen LogP contribution in [0.1, 0.15) is 42.1 Å². The summed E-state index contributed by atoms with van der Waals surface area (Å²) in [5.41, 5.74) is 4.78. The zero-order valence-electron chi connectivity index (χ0n) is 9.96. The average Bonchev–Trinajstić information content (AvgIpc) is 3.02. The van der Waals surface area contributed by atoms with Crippen LogP contribution >= 0.6 is 0 Å². The first kappa shape index (κ1) is 10.2. The summed E-state index contributed by atoms with van der Waals surface area (Å²) in [7, 11) is 0. The largest absolute Gasteiger partial charge is 0.388 e. The highest BCUT2D eigenvalue weighted by Gasteiger charge is 2.36. The molecule has 2 nitrogen and oxygen atoms in total. The molecule has 1 saturated carbocycles. The van der Waals surface area contributed by atoms with E-state index >= 15 is 0 Å². The normalized spacial score (nSPS) is 28.4. The predicted molar refractivity (Wildman–Crippen MR) is 65.6 cm³/mol. The molecule has 0 aromatic heterocycles. The van der Waals surface area contributed by atoms with E-state index in [0.29, 0.717) is 6.04 Å². The number of hydrogen-bond donors (Lipinski definition) is 2. The van der Waals surface area contributed by atoms with Crippen molar-refractivity contribution >= 4 is 5.69 Å². The summed E-state index contributed by atoms with van der Waals surface area (Å²) in [6.07, 6.45) is 3.25. The third-order valence-corrected chi connectivity index (χ3v) is 3.87. The summed E-state index contributed by atoms with van der Waals surface area (Å²) >= 11 is 0. The number of fused-ring (bicyclic) bond motifs is 1. The second kappa shape index (κ2) is 3.49. The molecular weight excluding hydrogens is 198 g/mol. The Hall–Kier alpha value is -1.02. The van der Waals surface area contributed by atoms with Crippen molar-refractivity contribution in [2.45, 2.75) is 45.3 Å². The monoisotopic (exact) mass is 217 g/mol. The van der Waals surface area contributed by atoms with Crippen molar-refractivity contribution in [3.05, 3.63) is 28.8 Å². The van der Waals surface area contributed by atoms with Gasteiger partial charge in [-0.3, -0.25) is 0 Å². The molecule has 86 valence electrons. The summed E-state index contributed by atoms with van der Waals surface area (Å²) in [6.45, 7) is 4.22. The highest BCUT2D eigenvalue weighted by atomic mass is 16.3. The van der Waals surface area contributed by atoms with Crippen molar-refractivity contribution in [1.82, 2.24) is 0 Å². The van der Waals surface area contributed by atoms with Gasteiger partial charge in [-0.2, -0.15) is 0 Å². The molecule has 1 fully saturated rings. The number of aliphatic hydroxyl groups excluding tert-OH is 1. The van der Waals surface area contributed by atoms with Gasteiger partial charge in [0.25, 0.3) is 0 Å². The zero-order chi connectivity index (χ0) is 11.3. The summed E-state index contributed by atoms with van der Waals surface area (Å²) in [4.78, 5) is 0. The first-order valence-corrected chi connectivity index (χ1v) is 6.21. The molecule has 2 N–H and O–H groups in total. The Labute approximate surface area is 96.7 Å². The van der Waals surface area contributed by atoms with Crippen LogP contribution in [0.15, 0.2) is 12.1 Å². The second-order valence-corrected chi connectivity index (χ2v) is 5.39. The maximum atomic E-state index is 10.2. The van der Waals surface area contributed by atoms with Crippen LogP contribution in [0, 0.1) is 19.8 Å². The van der Waals surface area contributed by atoms with Crippen molar-refractivity contribution in [3.8, 4) is 0 Å². The van der Waals surface area contributed by atoms with Crippen LogP contribution in [-0.4, -0.2) is 11.1 Å². The third-order valence-electron chi connectivity index (χ3n) is 3.87. The van der Waals surface area contributed by atoms with Gasteiger partial charge in [0.05, 0.1) is 6.10 Å². The van der Waals surface area contributed by atoms with Gasteiger partial charge >= 0.3 is 0 Å². The summed E-state index contributed by atoms with van der Waals surface area (Å²) < 4.78 is 0. The number of hydrogen-bond acceptors (Lipinski definition) is 2. The van der Waals surface area contributed by atoms with Gasteiger partial charge in [-0.05, 0) is 44.6 Å². The molecule has 0 saturated heterocycles. The molecule has 2 unspecified atom stereocenters. The molecule has 0 bridgehead atoms. The molecule has 0 radical (unpaired) electrons. The van der Waals surface area contributed by atoms with Crippen molar-refractivity contribution < 1.29 is 5.11 Å². The molecule has 1 heterocycles. The smallest absolute Gasteiger partial charge is 0.0829 e. The molecule has 2 atom stereocenters. The number of nitrogens with one attached hydrogen (secondary N) is 1. The SMILES string of the molecule is Cc1cc(C)c2c(c1)C(O)CC(C1CC1)N2. The Bertz CT molecular complexity index is 423. The molecule has 2 aliphatic rings. The molecular formula is C14H19NO. The average molecular weight is 217 g/mol. The van der Waals surface area contributed by atoms with Gasteiger partial charge in [0.15, 0.2) is 0 Å². The van der Waals surface area contributed by atoms with E-state index < -0.39 is 0 Å². The van der Waals surface area contributed by atoms with E-state index in [1.165, 1.54) is 29.7 Å². The Morgan fingerprint density at radius 1 is 1.25 bits per heavy atom. The van der Waals surface area contributed by atoms with Crippen LogP contribution in [0.3, 0.4) is 0 Å². The molecule has 16 heavy (non-hydrogen) atoms. The van der Waals surface area contributed by atoms with E-state index in [4.69, 9.17) is 0 Å². The quantitative estimate of drug-likeness (QED) is 0.758. The predicted octanol–water partition coefficient (Wildman–Crippen LogP) is 2.93. The maximum Gasteiger partial charge on any atom is 0.0829 e. The first-order chi connectivity index (χ1) is 7.65. The van der Waals surface area contributed by atoms with E-state index in [9.17, 15) is 5.11 Å². The van der Waals surface area contributed by atoms with Crippen LogP contribution in [0.25, 0.3) is 0 Å². The fourth-order valence-electron chi connectivity index (χ4n) is 2.88. The van der Waals surface area contributed by atoms with Gasteiger partial charge in [0.1, 0.15) is 0 Å². The molecule has 0 amide bonds. The second-order valence-electron chi connectivity index (χ2n) is 5.39. The van der Waals surface area contributed by atoms with Crippen LogP contribution in [0.4, 0.5) is 5.69 Å². The van der Waals surface area contributed by atoms with Gasteiger partial charge in [-0.25, -0.2) is 0 Å². The molecule has 2 heteroatoms. The lowest BCUT2D eigenvalue weighted by Gasteiger charge is -2.32. The van der Waals surface area contributed by atoms with Crippen molar-refractivity contribution in [1.29, 1.82) is 0 Å². The van der Waals surface area contributed by atoms with E-state index in [1.54, 1.807) is 0 Å². The van der Waals surface area contributed by atoms with Crippen LogP contribution in [0.5, 0.6) is 0 Å². The lowest BCUT2D eigenvalue weighted by atomic mass is 9.90. The van der Waals surface area contributed by atoms with Gasteiger partial charge in [0, 0.05) is 17.3 Å². The summed E-state index contributed by atoms with van der Waals surface area (Å²) in [5, 5.41) is 13.8.